The van der Waals surface area contributed by atoms with Gasteiger partial charge in [-0.05, 0) is 32.4 Å². The van der Waals surface area contributed by atoms with E-state index in [9.17, 15) is 4.79 Å². The molecular weight excluding hydrogens is 178 g/mol. The van der Waals surface area contributed by atoms with Crippen LogP contribution in [0.1, 0.15) is 32.4 Å². The van der Waals surface area contributed by atoms with Crippen molar-refractivity contribution in [1.82, 2.24) is 0 Å². The fourth-order valence-electron chi connectivity index (χ4n) is 1.16. The molecule has 14 heavy (non-hydrogen) atoms. The van der Waals surface area contributed by atoms with Gasteiger partial charge in [0.2, 0.25) is 0 Å². The highest BCUT2D eigenvalue weighted by atomic mass is 16.3. The van der Waals surface area contributed by atoms with Gasteiger partial charge in [0.05, 0.1) is 12.7 Å². The molecule has 0 spiro atoms. The summed E-state index contributed by atoms with van der Waals surface area (Å²) in [6.45, 7) is 3.85. The first-order chi connectivity index (χ1) is 6.47. The summed E-state index contributed by atoms with van der Waals surface area (Å²) in [5.74, 6) is 0.906. The van der Waals surface area contributed by atoms with Gasteiger partial charge in [-0.1, -0.05) is 0 Å². The smallest absolute Gasteiger partial charge is 0.140 e. The molecule has 0 unspecified atom stereocenters. The highest BCUT2D eigenvalue weighted by Crippen LogP contribution is 2.10. The molecule has 0 saturated heterocycles. The number of furan rings is 1. The zero-order chi connectivity index (χ0) is 10.6. The highest BCUT2D eigenvalue weighted by molar-refractivity contribution is 5.80. The lowest BCUT2D eigenvalue weighted by Gasteiger charge is -2.16. The molecule has 0 saturated carbocycles. The van der Waals surface area contributed by atoms with Crippen molar-refractivity contribution < 1.29 is 9.21 Å². The van der Waals surface area contributed by atoms with Gasteiger partial charge in [0.1, 0.15) is 11.5 Å². The van der Waals surface area contributed by atoms with Crippen LogP contribution in [0.3, 0.4) is 0 Å². The van der Waals surface area contributed by atoms with Gasteiger partial charge < -0.3 is 10.2 Å². The average Bonchev–Trinajstić information content (AvgIpc) is 2.52. The molecule has 2 N–H and O–H groups in total. The predicted octanol–water partition coefficient (Wildman–Crippen LogP) is 1.91. The first-order valence-electron chi connectivity index (χ1n) is 4.80. The Bertz CT molecular complexity index is 283. The van der Waals surface area contributed by atoms with E-state index in [1.54, 1.807) is 12.3 Å². The third-order valence-electron chi connectivity index (χ3n) is 2.00. The maximum absolute atomic E-state index is 11.4. The summed E-state index contributed by atoms with van der Waals surface area (Å²) in [4.78, 5) is 11.4. The highest BCUT2D eigenvalue weighted by Gasteiger charge is 2.13. The van der Waals surface area contributed by atoms with Gasteiger partial charge in [0.15, 0.2) is 0 Å². The van der Waals surface area contributed by atoms with E-state index >= 15 is 0 Å². The molecule has 0 amide bonds. The Kier molecular flexibility index (Phi) is 3.47. The lowest BCUT2D eigenvalue weighted by atomic mass is 9.97. The van der Waals surface area contributed by atoms with Crippen molar-refractivity contribution in [3.8, 4) is 0 Å². The van der Waals surface area contributed by atoms with Gasteiger partial charge in [-0.25, -0.2) is 0 Å². The quantitative estimate of drug-likeness (QED) is 0.780. The molecule has 0 fully saturated rings. The van der Waals surface area contributed by atoms with E-state index in [4.69, 9.17) is 10.2 Å². The van der Waals surface area contributed by atoms with Crippen LogP contribution in [0.15, 0.2) is 22.8 Å². The van der Waals surface area contributed by atoms with E-state index in [2.05, 4.69) is 0 Å². The van der Waals surface area contributed by atoms with Gasteiger partial charge in [-0.15, -0.1) is 0 Å². The molecule has 1 rings (SSSR count). The van der Waals surface area contributed by atoms with Crippen molar-refractivity contribution in [2.75, 3.05) is 0 Å². The van der Waals surface area contributed by atoms with Crippen molar-refractivity contribution in [3.63, 3.8) is 0 Å². The van der Waals surface area contributed by atoms with Crippen LogP contribution in [-0.4, -0.2) is 11.3 Å². The third-order valence-corrected chi connectivity index (χ3v) is 2.00. The Morgan fingerprint density at radius 2 is 2.29 bits per heavy atom. The molecule has 0 aromatic carbocycles. The fourth-order valence-corrected chi connectivity index (χ4v) is 1.16. The van der Waals surface area contributed by atoms with E-state index in [1.807, 2.05) is 19.9 Å². The van der Waals surface area contributed by atoms with Crippen LogP contribution in [0, 0.1) is 0 Å². The third kappa shape index (κ3) is 4.23. The molecule has 0 aliphatic rings. The van der Waals surface area contributed by atoms with Gasteiger partial charge in [0, 0.05) is 12.0 Å². The minimum absolute atomic E-state index is 0.179. The molecule has 0 bridgehead atoms. The first kappa shape index (κ1) is 11.0. The Morgan fingerprint density at radius 3 is 2.79 bits per heavy atom. The maximum Gasteiger partial charge on any atom is 0.140 e. The van der Waals surface area contributed by atoms with Crippen LogP contribution >= 0.6 is 0 Å². The number of ketones is 1. The molecule has 3 heteroatoms. The normalized spacial score (nSPS) is 11.6. The topological polar surface area (TPSA) is 56.2 Å². The van der Waals surface area contributed by atoms with Gasteiger partial charge in [0.25, 0.3) is 0 Å². The summed E-state index contributed by atoms with van der Waals surface area (Å²) in [6, 6.07) is 3.60. The second-order valence-electron chi connectivity index (χ2n) is 4.28. The Labute approximate surface area is 84.3 Å². The molecule has 0 atom stereocenters. The number of nitrogens with two attached hydrogens (primary N) is 1. The number of rotatable bonds is 5. The van der Waals surface area contributed by atoms with E-state index in [0.29, 0.717) is 19.3 Å². The van der Waals surface area contributed by atoms with Crippen LogP contribution in [0.25, 0.3) is 0 Å². The Balaban J connectivity index is 2.30. The van der Waals surface area contributed by atoms with Crippen LogP contribution in [-0.2, 0) is 11.2 Å². The molecule has 0 aliphatic heterocycles. The Hall–Kier alpha value is -1.09. The molecule has 1 aromatic rings. The zero-order valence-corrected chi connectivity index (χ0v) is 8.75. The van der Waals surface area contributed by atoms with E-state index < -0.39 is 0 Å². The molecule has 1 heterocycles. The summed E-state index contributed by atoms with van der Waals surface area (Å²) in [5, 5.41) is 0. The average molecular weight is 195 g/mol. The number of hydrogen-bond acceptors (Lipinski definition) is 3. The summed E-state index contributed by atoms with van der Waals surface area (Å²) >= 11 is 0. The minimum atomic E-state index is -0.265. The summed E-state index contributed by atoms with van der Waals surface area (Å²) in [7, 11) is 0. The van der Waals surface area contributed by atoms with E-state index in [0.717, 1.165) is 5.76 Å². The van der Waals surface area contributed by atoms with Crippen LogP contribution < -0.4 is 5.73 Å². The van der Waals surface area contributed by atoms with Gasteiger partial charge in [-0.2, -0.15) is 0 Å². The lowest BCUT2D eigenvalue weighted by molar-refractivity contribution is -0.119. The second-order valence-corrected chi connectivity index (χ2v) is 4.28. The van der Waals surface area contributed by atoms with Crippen molar-refractivity contribution >= 4 is 5.78 Å². The summed E-state index contributed by atoms with van der Waals surface area (Å²) in [6.07, 6.45) is 3.19. The van der Waals surface area contributed by atoms with Crippen LogP contribution in [0.5, 0.6) is 0 Å². The van der Waals surface area contributed by atoms with E-state index in [1.165, 1.54) is 0 Å². The maximum atomic E-state index is 11.4. The minimum Gasteiger partial charge on any atom is -0.469 e. The van der Waals surface area contributed by atoms with Gasteiger partial charge >= 0.3 is 0 Å². The first-order valence-corrected chi connectivity index (χ1v) is 4.80. The lowest BCUT2D eigenvalue weighted by Crippen LogP contribution is -2.32. The van der Waals surface area contributed by atoms with E-state index in [-0.39, 0.29) is 11.3 Å². The molecule has 78 valence electrons. The predicted molar refractivity (Wildman–Crippen MR) is 54.9 cm³/mol. The van der Waals surface area contributed by atoms with Crippen molar-refractivity contribution in [3.05, 3.63) is 24.2 Å². The van der Waals surface area contributed by atoms with Crippen molar-refractivity contribution in [2.45, 2.75) is 38.6 Å². The fraction of sp³-hybridized carbons (Fsp3) is 0.545. The second kappa shape index (κ2) is 4.42. The van der Waals surface area contributed by atoms with Crippen molar-refractivity contribution in [1.29, 1.82) is 0 Å². The van der Waals surface area contributed by atoms with Gasteiger partial charge in [-0.3, -0.25) is 4.79 Å². The number of hydrogen-bond donors (Lipinski definition) is 1. The van der Waals surface area contributed by atoms with Crippen LogP contribution in [0.4, 0.5) is 0 Å². The molecule has 1 aromatic heterocycles. The standard InChI is InChI=1S/C11H17NO2/c1-11(2,12)6-5-9(13)8-10-4-3-7-14-10/h3-4,7H,5-6,8,12H2,1-2H3. The monoisotopic (exact) mass is 195 g/mol. The zero-order valence-electron chi connectivity index (χ0n) is 8.75. The van der Waals surface area contributed by atoms with Crippen molar-refractivity contribution in [2.24, 2.45) is 5.73 Å². The van der Waals surface area contributed by atoms with Crippen LogP contribution in [0.2, 0.25) is 0 Å². The summed E-state index contributed by atoms with van der Waals surface area (Å²) in [5.41, 5.74) is 5.52. The molecular formula is C11H17NO2. The Morgan fingerprint density at radius 1 is 1.57 bits per heavy atom. The molecule has 0 aliphatic carbocycles. The molecule has 0 radical (unpaired) electrons. The SMILES string of the molecule is CC(C)(N)CCC(=O)Cc1ccco1. The summed E-state index contributed by atoms with van der Waals surface area (Å²) < 4.78 is 5.08. The number of Topliss-reactive ketones (excluding diaryl/α,β-unsaturated/α-hetero) is 1. The number of carbonyl (C=O) groups is 1. The largest absolute Gasteiger partial charge is 0.469 e. The molecule has 3 nitrogen and oxygen atoms in total. The number of carbonyl (C=O) groups excluding carboxylic acids is 1.